The van der Waals surface area contributed by atoms with Crippen LogP contribution >= 0.6 is 0 Å². The Morgan fingerprint density at radius 1 is 1.36 bits per heavy atom. The molecule has 25 heavy (non-hydrogen) atoms. The molecule has 2 aromatic rings. The molecular formula is C17H23FN4O2S. The predicted octanol–water partition coefficient (Wildman–Crippen LogP) is 2.23. The highest BCUT2D eigenvalue weighted by Crippen LogP contribution is 2.27. The van der Waals surface area contributed by atoms with E-state index in [1.54, 1.807) is 25.2 Å². The van der Waals surface area contributed by atoms with E-state index in [1.165, 1.54) is 16.6 Å². The highest BCUT2D eigenvalue weighted by molar-refractivity contribution is 7.87. The van der Waals surface area contributed by atoms with Crippen LogP contribution in [-0.2, 0) is 16.8 Å². The van der Waals surface area contributed by atoms with Crippen LogP contribution in [0.4, 0.5) is 4.39 Å². The highest BCUT2D eigenvalue weighted by Gasteiger charge is 2.31. The lowest BCUT2D eigenvalue weighted by molar-refractivity contribution is 0.279. The lowest BCUT2D eigenvalue weighted by Crippen LogP contribution is -2.42. The summed E-state index contributed by atoms with van der Waals surface area (Å²) in [5.41, 5.74) is 0.730. The summed E-state index contributed by atoms with van der Waals surface area (Å²) >= 11 is 0. The zero-order chi connectivity index (χ0) is 18.0. The van der Waals surface area contributed by atoms with Crippen molar-refractivity contribution in [1.29, 1.82) is 0 Å². The lowest BCUT2D eigenvalue weighted by atomic mass is 10.0. The molecule has 0 spiro atoms. The summed E-state index contributed by atoms with van der Waals surface area (Å²) < 4.78 is 43.2. The predicted molar refractivity (Wildman–Crippen MR) is 94.7 cm³/mol. The second-order valence-electron chi connectivity index (χ2n) is 6.48. The first kappa shape index (κ1) is 18.0. The highest BCUT2D eigenvalue weighted by atomic mass is 32.2. The molecule has 8 heteroatoms. The first-order valence-corrected chi connectivity index (χ1v) is 9.81. The molecule has 1 aromatic carbocycles. The van der Waals surface area contributed by atoms with Crippen molar-refractivity contribution in [1.82, 2.24) is 18.6 Å². The van der Waals surface area contributed by atoms with E-state index < -0.39 is 16.0 Å². The Balaban J connectivity index is 2.09. The first-order chi connectivity index (χ1) is 11.9. The van der Waals surface area contributed by atoms with Crippen LogP contribution in [0, 0.1) is 11.7 Å². The van der Waals surface area contributed by atoms with Crippen LogP contribution in [0.1, 0.15) is 25.5 Å². The Morgan fingerprint density at radius 3 is 2.80 bits per heavy atom. The molecule has 0 saturated carbocycles. The summed E-state index contributed by atoms with van der Waals surface area (Å²) in [6.07, 6.45) is 3.32. The van der Waals surface area contributed by atoms with Crippen molar-refractivity contribution in [3.05, 3.63) is 42.0 Å². The maximum atomic E-state index is 14.3. The van der Waals surface area contributed by atoms with Gasteiger partial charge in [-0.3, -0.25) is 0 Å². The van der Waals surface area contributed by atoms with Gasteiger partial charge in [0.25, 0.3) is 0 Å². The van der Waals surface area contributed by atoms with Crippen molar-refractivity contribution in [2.24, 2.45) is 5.92 Å². The van der Waals surface area contributed by atoms with Gasteiger partial charge >= 0.3 is 10.2 Å². The van der Waals surface area contributed by atoms with Crippen LogP contribution in [0.2, 0.25) is 0 Å². The molecule has 1 aliphatic rings. The van der Waals surface area contributed by atoms with Gasteiger partial charge in [0.15, 0.2) is 5.82 Å². The fourth-order valence-electron chi connectivity index (χ4n) is 3.15. The molecule has 1 atom stereocenters. The average molecular weight is 366 g/mol. The molecule has 0 bridgehead atoms. The Labute approximate surface area is 147 Å². The number of benzene rings is 1. The van der Waals surface area contributed by atoms with E-state index in [9.17, 15) is 12.8 Å². The van der Waals surface area contributed by atoms with E-state index in [2.05, 4.69) is 10.3 Å². The Kier molecular flexibility index (Phi) is 5.21. The third-order valence-electron chi connectivity index (χ3n) is 4.39. The van der Waals surface area contributed by atoms with Gasteiger partial charge in [0.2, 0.25) is 0 Å². The van der Waals surface area contributed by atoms with Gasteiger partial charge in [0.05, 0.1) is 11.3 Å². The maximum Gasteiger partial charge on any atom is 0.309 e. The van der Waals surface area contributed by atoms with Gasteiger partial charge in [-0.15, -0.1) is 0 Å². The molecule has 1 unspecified atom stereocenters. The molecule has 1 aliphatic heterocycles. The SMILES string of the molecule is CNCc1cn(S(=O)(=O)N2CCCC(C)C2)c(-c2ccccc2F)n1. The summed E-state index contributed by atoms with van der Waals surface area (Å²) in [4.78, 5) is 4.37. The van der Waals surface area contributed by atoms with Gasteiger partial charge in [0, 0.05) is 25.8 Å². The largest absolute Gasteiger partial charge is 0.314 e. The lowest BCUT2D eigenvalue weighted by Gasteiger charge is -2.30. The fraction of sp³-hybridized carbons (Fsp3) is 0.471. The standard InChI is InChI=1S/C17H23FN4O2S/c1-13-6-5-9-21(11-13)25(23,24)22-12-14(10-19-2)20-17(22)15-7-3-4-8-16(15)18/h3-4,7-8,12-13,19H,5-6,9-11H2,1-2H3. The van der Waals surface area contributed by atoms with Gasteiger partial charge in [-0.2, -0.15) is 12.7 Å². The monoisotopic (exact) mass is 366 g/mol. The van der Waals surface area contributed by atoms with Crippen LogP contribution < -0.4 is 5.32 Å². The second kappa shape index (κ2) is 7.23. The second-order valence-corrected chi connectivity index (χ2v) is 8.28. The summed E-state index contributed by atoms with van der Waals surface area (Å²) in [6, 6.07) is 6.10. The minimum absolute atomic E-state index is 0.113. The summed E-state index contributed by atoms with van der Waals surface area (Å²) in [7, 11) is -2.04. The summed E-state index contributed by atoms with van der Waals surface area (Å²) in [6.45, 7) is 3.39. The Hall–Kier alpha value is -1.77. The number of aromatic nitrogens is 2. The van der Waals surface area contributed by atoms with E-state index in [0.717, 1.165) is 16.8 Å². The normalized spacial score (nSPS) is 19.2. The zero-order valence-electron chi connectivity index (χ0n) is 14.4. The molecule has 0 amide bonds. The van der Waals surface area contributed by atoms with Gasteiger partial charge < -0.3 is 5.32 Å². The maximum absolute atomic E-state index is 14.3. The van der Waals surface area contributed by atoms with Gasteiger partial charge in [-0.05, 0) is 37.9 Å². The number of nitrogens with one attached hydrogen (secondary N) is 1. The van der Waals surface area contributed by atoms with Gasteiger partial charge in [0.1, 0.15) is 5.82 Å². The smallest absolute Gasteiger partial charge is 0.309 e. The van der Waals surface area contributed by atoms with E-state index in [-0.39, 0.29) is 11.4 Å². The molecule has 1 fully saturated rings. The fourth-order valence-corrected chi connectivity index (χ4v) is 4.82. The molecule has 1 saturated heterocycles. The van der Waals surface area contributed by atoms with E-state index in [0.29, 0.717) is 31.2 Å². The molecule has 2 heterocycles. The van der Waals surface area contributed by atoms with Crippen molar-refractivity contribution in [2.75, 3.05) is 20.1 Å². The molecule has 1 aromatic heterocycles. The molecular weight excluding hydrogens is 343 g/mol. The molecule has 1 N–H and O–H groups in total. The van der Waals surface area contributed by atoms with Crippen molar-refractivity contribution in [3.8, 4) is 11.4 Å². The number of imidazole rings is 1. The van der Waals surface area contributed by atoms with Crippen molar-refractivity contribution in [2.45, 2.75) is 26.3 Å². The van der Waals surface area contributed by atoms with Crippen molar-refractivity contribution in [3.63, 3.8) is 0 Å². The van der Waals surface area contributed by atoms with Crippen LogP contribution in [0.3, 0.4) is 0 Å². The van der Waals surface area contributed by atoms with Crippen LogP contribution in [0.5, 0.6) is 0 Å². The minimum atomic E-state index is -3.79. The number of nitrogens with zero attached hydrogens (tertiary/aromatic N) is 3. The third-order valence-corrected chi connectivity index (χ3v) is 6.15. The van der Waals surface area contributed by atoms with E-state index >= 15 is 0 Å². The Morgan fingerprint density at radius 2 is 2.12 bits per heavy atom. The first-order valence-electron chi connectivity index (χ1n) is 8.42. The number of hydrogen-bond acceptors (Lipinski definition) is 4. The van der Waals surface area contributed by atoms with Crippen molar-refractivity contribution >= 4 is 10.2 Å². The summed E-state index contributed by atoms with van der Waals surface area (Å²) in [5, 5.41) is 2.95. The quantitative estimate of drug-likeness (QED) is 0.881. The summed E-state index contributed by atoms with van der Waals surface area (Å²) in [5.74, 6) is -0.0742. The third kappa shape index (κ3) is 3.61. The minimum Gasteiger partial charge on any atom is -0.314 e. The van der Waals surface area contributed by atoms with E-state index in [4.69, 9.17) is 0 Å². The van der Waals surface area contributed by atoms with Crippen LogP contribution in [-0.4, -0.2) is 41.8 Å². The molecule has 6 nitrogen and oxygen atoms in total. The molecule has 3 rings (SSSR count). The molecule has 136 valence electrons. The van der Waals surface area contributed by atoms with Gasteiger partial charge in [-0.1, -0.05) is 19.1 Å². The number of rotatable bonds is 5. The van der Waals surface area contributed by atoms with Crippen molar-refractivity contribution < 1.29 is 12.8 Å². The average Bonchev–Trinajstić information content (AvgIpc) is 3.00. The van der Waals surface area contributed by atoms with Crippen LogP contribution in [0.15, 0.2) is 30.5 Å². The van der Waals surface area contributed by atoms with E-state index in [1.807, 2.05) is 6.92 Å². The number of piperidine rings is 1. The molecule has 0 aliphatic carbocycles. The van der Waals surface area contributed by atoms with Gasteiger partial charge in [-0.25, -0.2) is 13.3 Å². The Bertz CT molecular complexity index is 850. The van der Waals surface area contributed by atoms with Crippen LogP contribution in [0.25, 0.3) is 11.4 Å². The number of halogens is 1. The number of hydrogen-bond donors (Lipinski definition) is 1. The molecule has 0 radical (unpaired) electrons. The topological polar surface area (TPSA) is 67.2 Å². The zero-order valence-corrected chi connectivity index (χ0v) is 15.3.